The van der Waals surface area contributed by atoms with Crippen molar-refractivity contribution < 1.29 is 4.79 Å². The Morgan fingerprint density at radius 1 is 1.04 bits per heavy atom. The van der Waals surface area contributed by atoms with Gasteiger partial charge in [0.1, 0.15) is 5.82 Å². The van der Waals surface area contributed by atoms with Crippen LogP contribution in [0, 0.1) is 0 Å². The summed E-state index contributed by atoms with van der Waals surface area (Å²) in [6, 6.07) is 8.38. The average molecular weight is 329 g/mol. The van der Waals surface area contributed by atoms with Crippen LogP contribution in [0.4, 0.5) is 0 Å². The summed E-state index contributed by atoms with van der Waals surface area (Å²) in [6.45, 7) is 4.02. The Labute approximate surface area is 145 Å². The fourth-order valence-electron chi connectivity index (χ4n) is 3.20. The lowest BCUT2D eigenvalue weighted by atomic mass is 10.1. The molecule has 0 aliphatic carbocycles. The third-order valence-corrected chi connectivity index (χ3v) is 4.52. The number of para-hydroxylation sites is 2. The first-order valence-electron chi connectivity index (χ1n) is 9.48. The second-order valence-corrected chi connectivity index (χ2v) is 6.47. The van der Waals surface area contributed by atoms with Crippen LogP contribution in [0.15, 0.2) is 24.3 Å². The second-order valence-electron chi connectivity index (χ2n) is 6.47. The van der Waals surface area contributed by atoms with E-state index in [-0.39, 0.29) is 0 Å². The zero-order chi connectivity index (χ0) is 17.0. The fraction of sp³-hybridized carbons (Fsp3) is 0.600. The molecule has 1 aromatic carbocycles. The second kappa shape index (κ2) is 10.8. The molecular weight excluding hydrogens is 298 g/mol. The first-order valence-corrected chi connectivity index (χ1v) is 9.48. The molecule has 1 aromatic heterocycles. The highest BCUT2D eigenvalue weighted by Gasteiger charge is 2.09. The van der Waals surface area contributed by atoms with E-state index in [0.717, 1.165) is 37.1 Å². The van der Waals surface area contributed by atoms with E-state index in [1.165, 1.54) is 50.5 Å². The molecule has 24 heavy (non-hydrogen) atoms. The maximum atomic E-state index is 10.4. The minimum Gasteiger partial charge on any atom is -0.359 e. The van der Waals surface area contributed by atoms with Gasteiger partial charge < -0.3 is 9.88 Å². The van der Waals surface area contributed by atoms with Crippen molar-refractivity contribution in [1.29, 1.82) is 0 Å². The van der Waals surface area contributed by atoms with E-state index in [2.05, 4.69) is 35.0 Å². The van der Waals surface area contributed by atoms with Crippen molar-refractivity contribution in [3.05, 3.63) is 30.1 Å². The quantitative estimate of drug-likeness (QED) is 0.435. The minimum atomic E-state index is 0.712. The molecule has 4 heteroatoms. The highest BCUT2D eigenvalue weighted by atomic mass is 16.1. The van der Waals surface area contributed by atoms with Gasteiger partial charge in [-0.05, 0) is 25.0 Å². The molecule has 2 aromatic rings. The molecule has 0 radical (unpaired) electrons. The van der Waals surface area contributed by atoms with Gasteiger partial charge in [-0.25, -0.2) is 4.98 Å². The highest BCUT2D eigenvalue weighted by Crippen LogP contribution is 2.18. The number of aromatic nitrogens is 2. The number of carbonyl (C=O) groups is 1. The monoisotopic (exact) mass is 329 g/mol. The Kier molecular flexibility index (Phi) is 8.36. The summed E-state index contributed by atoms with van der Waals surface area (Å²) in [7, 11) is 0. The molecule has 0 aliphatic rings. The zero-order valence-electron chi connectivity index (χ0n) is 15.0. The van der Waals surface area contributed by atoms with Crippen LogP contribution in [-0.2, 0) is 17.8 Å². The molecule has 1 amide bonds. The number of carbonyl (C=O) groups excluding carboxylic acids is 1. The lowest BCUT2D eigenvalue weighted by molar-refractivity contribution is -0.109. The van der Waals surface area contributed by atoms with Crippen LogP contribution in [0.5, 0.6) is 0 Å². The van der Waals surface area contributed by atoms with Crippen LogP contribution in [0.3, 0.4) is 0 Å². The van der Waals surface area contributed by atoms with Crippen LogP contribution in [0.2, 0.25) is 0 Å². The molecule has 0 spiro atoms. The van der Waals surface area contributed by atoms with E-state index in [4.69, 9.17) is 4.98 Å². The van der Waals surface area contributed by atoms with Crippen molar-refractivity contribution >= 4 is 17.4 Å². The van der Waals surface area contributed by atoms with Crippen molar-refractivity contribution in [2.75, 3.05) is 6.54 Å². The van der Waals surface area contributed by atoms with Crippen LogP contribution in [0.25, 0.3) is 11.0 Å². The van der Waals surface area contributed by atoms with Crippen LogP contribution in [0.1, 0.15) is 64.1 Å². The van der Waals surface area contributed by atoms with Gasteiger partial charge in [-0.15, -0.1) is 0 Å². The predicted octanol–water partition coefficient (Wildman–Crippen LogP) is 4.47. The molecule has 0 unspecified atom stereocenters. The van der Waals surface area contributed by atoms with Crippen molar-refractivity contribution in [3.63, 3.8) is 0 Å². The smallest absolute Gasteiger partial charge is 0.207 e. The molecule has 0 atom stereocenters. The van der Waals surface area contributed by atoms with Crippen molar-refractivity contribution in [2.24, 2.45) is 0 Å². The molecule has 0 saturated carbocycles. The van der Waals surface area contributed by atoms with E-state index in [9.17, 15) is 4.79 Å². The summed E-state index contributed by atoms with van der Waals surface area (Å²) in [4.78, 5) is 15.2. The lowest BCUT2D eigenvalue weighted by Gasteiger charge is -2.09. The summed E-state index contributed by atoms with van der Waals surface area (Å²) in [5.74, 6) is 1.15. The number of hydrogen-bond donors (Lipinski definition) is 1. The summed E-state index contributed by atoms with van der Waals surface area (Å²) < 4.78 is 2.38. The number of hydrogen-bond acceptors (Lipinski definition) is 2. The van der Waals surface area contributed by atoms with E-state index < -0.39 is 0 Å². The van der Waals surface area contributed by atoms with Crippen LogP contribution >= 0.6 is 0 Å². The third kappa shape index (κ3) is 5.66. The SMILES string of the molecule is CCCCCCCCCn1c(CCCNC=O)nc2ccccc21. The van der Waals surface area contributed by atoms with E-state index in [1.54, 1.807) is 0 Å². The first kappa shape index (κ1) is 18.5. The Bertz CT molecular complexity index is 606. The Balaban J connectivity index is 1.89. The first-order chi connectivity index (χ1) is 11.9. The Hall–Kier alpha value is -1.84. The summed E-state index contributed by atoms with van der Waals surface area (Å²) in [5, 5.41) is 2.73. The zero-order valence-corrected chi connectivity index (χ0v) is 15.0. The number of nitrogens with one attached hydrogen (secondary N) is 1. The molecule has 132 valence electrons. The topological polar surface area (TPSA) is 46.9 Å². The number of aryl methyl sites for hydroxylation is 2. The normalized spacial score (nSPS) is 11.0. The van der Waals surface area contributed by atoms with Crippen LogP contribution in [-0.4, -0.2) is 22.5 Å². The standard InChI is InChI=1S/C20H31N3O/c1-2-3-4-5-6-7-10-16-23-19-13-9-8-12-18(19)22-20(23)14-11-15-21-17-24/h8-9,12-13,17H,2-7,10-11,14-16H2,1H3,(H,21,24). The molecule has 4 nitrogen and oxygen atoms in total. The summed E-state index contributed by atoms with van der Waals surface area (Å²) >= 11 is 0. The number of rotatable bonds is 13. The molecule has 0 aliphatic heterocycles. The van der Waals surface area contributed by atoms with Crippen molar-refractivity contribution in [2.45, 2.75) is 71.3 Å². The Morgan fingerprint density at radius 3 is 2.58 bits per heavy atom. The van der Waals surface area contributed by atoms with E-state index in [1.807, 2.05) is 6.07 Å². The number of imidazole rings is 1. The molecule has 1 N–H and O–H groups in total. The van der Waals surface area contributed by atoms with E-state index in [0.29, 0.717) is 6.54 Å². The van der Waals surface area contributed by atoms with Gasteiger partial charge >= 0.3 is 0 Å². The molecule has 1 heterocycles. The largest absolute Gasteiger partial charge is 0.359 e. The van der Waals surface area contributed by atoms with Crippen molar-refractivity contribution in [3.8, 4) is 0 Å². The van der Waals surface area contributed by atoms with Gasteiger partial charge in [0, 0.05) is 19.5 Å². The molecule has 0 bridgehead atoms. The van der Waals surface area contributed by atoms with Gasteiger partial charge in [0.15, 0.2) is 0 Å². The maximum Gasteiger partial charge on any atom is 0.207 e. The van der Waals surface area contributed by atoms with Gasteiger partial charge in [0.25, 0.3) is 0 Å². The number of nitrogens with zero attached hydrogens (tertiary/aromatic N) is 2. The van der Waals surface area contributed by atoms with E-state index >= 15 is 0 Å². The van der Waals surface area contributed by atoms with Crippen molar-refractivity contribution in [1.82, 2.24) is 14.9 Å². The molecule has 2 rings (SSSR count). The molecule has 0 fully saturated rings. The Morgan fingerprint density at radius 2 is 1.79 bits per heavy atom. The van der Waals surface area contributed by atoms with Gasteiger partial charge in [-0.1, -0.05) is 57.6 Å². The number of amides is 1. The van der Waals surface area contributed by atoms with Crippen LogP contribution < -0.4 is 5.32 Å². The van der Waals surface area contributed by atoms with Gasteiger partial charge in [-0.2, -0.15) is 0 Å². The highest BCUT2D eigenvalue weighted by molar-refractivity contribution is 5.75. The average Bonchev–Trinajstić information content (AvgIpc) is 2.96. The van der Waals surface area contributed by atoms with Gasteiger partial charge in [-0.3, -0.25) is 4.79 Å². The third-order valence-electron chi connectivity index (χ3n) is 4.52. The fourth-order valence-corrected chi connectivity index (χ4v) is 3.20. The number of unbranched alkanes of at least 4 members (excludes halogenated alkanes) is 6. The maximum absolute atomic E-state index is 10.4. The number of benzene rings is 1. The predicted molar refractivity (Wildman–Crippen MR) is 100 cm³/mol. The molecule has 0 saturated heterocycles. The van der Waals surface area contributed by atoms with Gasteiger partial charge in [0.2, 0.25) is 6.41 Å². The number of fused-ring (bicyclic) bond motifs is 1. The van der Waals surface area contributed by atoms with Gasteiger partial charge in [0.05, 0.1) is 11.0 Å². The molecular formula is C20H31N3O. The lowest BCUT2D eigenvalue weighted by Crippen LogP contribution is -2.14. The summed E-state index contributed by atoms with van der Waals surface area (Å²) in [5.41, 5.74) is 2.32. The summed E-state index contributed by atoms with van der Waals surface area (Å²) in [6.07, 6.45) is 11.9. The minimum absolute atomic E-state index is 0.712.